The summed E-state index contributed by atoms with van der Waals surface area (Å²) >= 11 is 1.30. The van der Waals surface area contributed by atoms with Crippen LogP contribution in [0.15, 0.2) is 53.4 Å². The van der Waals surface area contributed by atoms with Crippen LogP contribution in [0.3, 0.4) is 0 Å². The molecule has 0 unspecified atom stereocenters. The van der Waals surface area contributed by atoms with Gasteiger partial charge in [0.2, 0.25) is 5.91 Å². The molecule has 1 aliphatic heterocycles. The van der Waals surface area contributed by atoms with Crippen LogP contribution >= 0.6 is 11.8 Å². The maximum Gasteiger partial charge on any atom is 0.255 e. The number of rotatable bonds is 7. The van der Waals surface area contributed by atoms with Gasteiger partial charge in [-0.2, -0.15) is 0 Å². The number of hydrogen-bond donors (Lipinski definition) is 1. The number of anilines is 1. The zero-order chi connectivity index (χ0) is 19.9. The Labute approximate surface area is 170 Å². The summed E-state index contributed by atoms with van der Waals surface area (Å²) in [6.45, 7) is 2.78. The third-order valence-electron chi connectivity index (χ3n) is 4.91. The number of piperidine rings is 1. The molecule has 28 heavy (non-hydrogen) atoms. The lowest BCUT2D eigenvalue weighted by atomic mass is 10.1. The largest absolute Gasteiger partial charge is 0.372 e. The van der Waals surface area contributed by atoms with E-state index < -0.39 is 5.91 Å². The van der Waals surface area contributed by atoms with Gasteiger partial charge in [-0.1, -0.05) is 24.3 Å². The molecule has 0 bridgehead atoms. The minimum atomic E-state index is -0.394. The van der Waals surface area contributed by atoms with Gasteiger partial charge in [0, 0.05) is 37.3 Å². The van der Waals surface area contributed by atoms with Crippen LogP contribution in [0.4, 0.5) is 5.69 Å². The fourth-order valence-electron chi connectivity index (χ4n) is 3.43. The summed E-state index contributed by atoms with van der Waals surface area (Å²) in [5.41, 5.74) is 8.19. The molecule has 6 heteroatoms. The van der Waals surface area contributed by atoms with E-state index in [1.807, 2.05) is 18.2 Å². The fourth-order valence-corrected chi connectivity index (χ4v) is 4.22. The molecular weight excluding hydrogens is 370 g/mol. The van der Waals surface area contributed by atoms with Gasteiger partial charge in [0.25, 0.3) is 5.91 Å². The highest BCUT2D eigenvalue weighted by molar-refractivity contribution is 8.00. The van der Waals surface area contributed by atoms with Gasteiger partial charge in [-0.15, -0.1) is 11.8 Å². The molecule has 1 fully saturated rings. The summed E-state index contributed by atoms with van der Waals surface area (Å²) in [5, 5.41) is 0. The third kappa shape index (κ3) is 5.29. The second-order valence-electron chi connectivity index (χ2n) is 7.13. The highest BCUT2D eigenvalue weighted by Crippen LogP contribution is 2.24. The van der Waals surface area contributed by atoms with E-state index >= 15 is 0 Å². The van der Waals surface area contributed by atoms with Crippen LogP contribution in [0.1, 0.15) is 35.2 Å². The molecule has 1 heterocycles. The van der Waals surface area contributed by atoms with Crippen molar-refractivity contribution in [2.24, 2.45) is 5.73 Å². The highest BCUT2D eigenvalue weighted by Gasteiger charge is 2.17. The molecule has 0 spiro atoms. The molecule has 0 radical (unpaired) electrons. The Morgan fingerprint density at radius 3 is 2.39 bits per heavy atom. The van der Waals surface area contributed by atoms with Crippen LogP contribution in [0, 0.1) is 0 Å². The van der Waals surface area contributed by atoms with Gasteiger partial charge in [0.05, 0.1) is 11.3 Å². The Morgan fingerprint density at radius 2 is 1.71 bits per heavy atom. The van der Waals surface area contributed by atoms with Crippen molar-refractivity contribution in [1.29, 1.82) is 0 Å². The molecule has 1 aliphatic rings. The lowest BCUT2D eigenvalue weighted by Crippen LogP contribution is -2.29. The van der Waals surface area contributed by atoms with Crippen LogP contribution in [0.5, 0.6) is 0 Å². The predicted molar refractivity (Wildman–Crippen MR) is 115 cm³/mol. The quantitative estimate of drug-likeness (QED) is 0.726. The Kier molecular flexibility index (Phi) is 6.98. The van der Waals surface area contributed by atoms with Crippen LogP contribution in [-0.2, 0) is 11.3 Å². The summed E-state index contributed by atoms with van der Waals surface area (Å²) in [5.74, 6) is -0.298. The molecule has 2 N–H and O–H groups in total. The summed E-state index contributed by atoms with van der Waals surface area (Å²) in [6.07, 6.45) is 3.83. The molecule has 0 saturated carbocycles. The number of carbonyl (C=O) groups excluding carboxylic acids is 2. The maximum absolute atomic E-state index is 12.9. The fraction of sp³-hybridized carbons (Fsp3) is 0.364. The van der Waals surface area contributed by atoms with Crippen molar-refractivity contribution < 1.29 is 9.59 Å². The number of primary amides is 1. The number of hydrogen-bond acceptors (Lipinski definition) is 4. The van der Waals surface area contributed by atoms with Crippen molar-refractivity contribution in [1.82, 2.24) is 4.90 Å². The summed E-state index contributed by atoms with van der Waals surface area (Å²) < 4.78 is 0. The van der Waals surface area contributed by atoms with Gasteiger partial charge in [0.1, 0.15) is 0 Å². The number of carbonyl (C=O) groups is 2. The lowest BCUT2D eigenvalue weighted by Gasteiger charge is -2.29. The predicted octanol–water partition coefficient (Wildman–Crippen LogP) is 3.53. The van der Waals surface area contributed by atoms with E-state index in [9.17, 15) is 9.59 Å². The smallest absolute Gasteiger partial charge is 0.255 e. The van der Waals surface area contributed by atoms with Gasteiger partial charge in [-0.25, -0.2) is 0 Å². The Morgan fingerprint density at radius 1 is 1.04 bits per heavy atom. The van der Waals surface area contributed by atoms with E-state index in [-0.39, 0.29) is 11.7 Å². The van der Waals surface area contributed by atoms with Gasteiger partial charge >= 0.3 is 0 Å². The molecule has 2 aromatic carbocycles. The summed E-state index contributed by atoms with van der Waals surface area (Å²) in [7, 11) is 1.80. The monoisotopic (exact) mass is 397 g/mol. The summed E-state index contributed by atoms with van der Waals surface area (Å²) in [6, 6.07) is 15.8. The van der Waals surface area contributed by atoms with E-state index in [0.29, 0.717) is 12.1 Å². The summed E-state index contributed by atoms with van der Waals surface area (Å²) in [4.78, 5) is 28.9. The van der Waals surface area contributed by atoms with Crippen molar-refractivity contribution in [3.8, 4) is 0 Å². The molecule has 0 aromatic heterocycles. The van der Waals surface area contributed by atoms with Crippen LogP contribution in [0.25, 0.3) is 0 Å². The zero-order valence-corrected chi connectivity index (χ0v) is 17.1. The van der Waals surface area contributed by atoms with Crippen molar-refractivity contribution in [2.75, 3.05) is 30.8 Å². The molecule has 1 saturated heterocycles. The minimum absolute atomic E-state index is 0.0623. The van der Waals surface area contributed by atoms with Gasteiger partial charge in [-0.05, 0) is 49.1 Å². The van der Waals surface area contributed by atoms with Crippen molar-refractivity contribution in [3.63, 3.8) is 0 Å². The van der Waals surface area contributed by atoms with E-state index in [0.717, 1.165) is 23.5 Å². The second kappa shape index (κ2) is 9.64. The number of nitrogens with zero attached hydrogens (tertiary/aromatic N) is 2. The third-order valence-corrected chi connectivity index (χ3v) is 6.01. The van der Waals surface area contributed by atoms with Crippen molar-refractivity contribution in [2.45, 2.75) is 30.7 Å². The van der Waals surface area contributed by atoms with Gasteiger partial charge in [0.15, 0.2) is 0 Å². The van der Waals surface area contributed by atoms with Crippen molar-refractivity contribution in [3.05, 3.63) is 59.7 Å². The number of amides is 2. The number of thioether (sulfide) groups is 1. The van der Waals surface area contributed by atoms with E-state index in [2.05, 4.69) is 29.2 Å². The maximum atomic E-state index is 12.9. The molecule has 2 amide bonds. The first-order valence-corrected chi connectivity index (χ1v) is 10.6. The Bertz CT molecular complexity index is 817. The average molecular weight is 398 g/mol. The standard InChI is InChI=1S/C22H27N3O2S/c1-24(22(27)19-7-3-4-8-20(19)28-16-21(23)26)15-17-9-11-18(12-10-17)25-13-5-2-6-14-25/h3-4,7-12H,2,5-6,13-16H2,1H3,(H2,23,26). The van der Waals surface area contributed by atoms with Crippen LogP contribution < -0.4 is 10.6 Å². The van der Waals surface area contributed by atoms with Crippen LogP contribution in [0.2, 0.25) is 0 Å². The minimum Gasteiger partial charge on any atom is -0.372 e. The zero-order valence-electron chi connectivity index (χ0n) is 16.3. The first-order chi connectivity index (χ1) is 13.5. The van der Waals surface area contributed by atoms with Crippen LogP contribution in [-0.4, -0.2) is 42.6 Å². The lowest BCUT2D eigenvalue weighted by molar-refractivity contribution is -0.115. The first-order valence-electron chi connectivity index (χ1n) is 9.64. The van der Waals surface area contributed by atoms with Crippen molar-refractivity contribution >= 4 is 29.3 Å². The van der Waals surface area contributed by atoms with Gasteiger partial charge < -0.3 is 15.5 Å². The molecule has 5 nitrogen and oxygen atoms in total. The molecule has 0 atom stereocenters. The topological polar surface area (TPSA) is 66.6 Å². The molecule has 148 valence electrons. The van der Waals surface area contributed by atoms with E-state index in [1.165, 1.54) is 36.7 Å². The Balaban J connectivity index is 1.65. The molecule has 3 rings (SSSR count). The van der Waals surface area contributed by atoms with E-state index in [4.69, 9.17) is 5.73 Å². The number of benzene rings is 2. The highest BCUT2D eigenvalue weighted by atomic mass is 32.2. The van der Waals surface area contributed by atoms with Gasteiger partial charge in [-0.3, -0.25) is 9.59 Å². The SMILES string of the molecule is CN(Cc1ccc(N2CCCCC2)cc1)C(=O)c1ccccc1SCC(N)=O. The molecular formula is C22H27N3O2S. The Hall–Kier alpha value is -2.47. The first kappa shape index (κ1) is 20.3. The number of nitrogens with two attached hydrogens (primary N) is 1. The van der Waals surface area contributed by atoms with E-state index in [1.54, 1.807) is 18.0 Å². The average Bonchev–Trinajstić information content (AvgIpc) is 2.73. The molecule has 0 aliphatic carbocycles. The normalized spacial score (nSPS) is 14.0. The molecule has 2 aromatic rings. The second-order valence-corrected chi connectivity index (χ2v) is 8.14.